The number of carbonyl (C=O) groups excluding carboxylic acids is 1. The van der Waals surface area contributed by atoms with Gasteiger partial charge in [0.1, 0.15) is 11.6 Å². The minimum Gasteiger partial charge on any atom is -0.464 e. The van der Waals surface area contributed by atoms with Crippen molar-refractivity contribution in [1.82, 2.24) is 9.55 Å². The summed E-state index contributed by atoms with van der Waals surface area (Å²) in [5, 5.41) is 3.87. The van der Waals surface area contributed by atoms with Crippen LogP contribution in [-0.4, -0.2) is 22.6 Å². The third-order valence-corrected chi connectivity index (χ3v) is 2.89. The third-order valence-electron chi connectivity index (χ3n) is 2.22. The molecule has 2 N–H and O–H groups in total. The van der Waals surface area contributed by atoms with Crippen molar-refractivity contribution < 1.29 is 9.53 Å². The van der Waals surface area contributed by atoms with E-state index in [1.807, 2.05) is 16.8 Å². The van der Waals surface area contributed by atoms with E-state index in [0.29, 0.717) is 11.6 Å². The van der Waals surface area contributed by atoms with Crippen molar-refractivity contribution in [1.29, 1.82) is 0 Å². The highest BCUT2D eigenvalue weighted by Gasteiger charge is 2.19. The molecule has 0 spiro atoms. The number of nitrogen functional groups attached to an aromatic ring is 1. The second-order valence-corrected chi connectivity index (χ2v) is 3.98. The standard InChI is InChI=1S/C10H11N3O2S/c1-6-12-8(10(14)15-2)9(11)13(6)7-3-4-16-5-7/h3-5H,11H2,1-2H3. The fourth-order valence-electron chi connectivity index (χ4n) is 1.51. The van der Waals surface area contributed by atoms with E-state index in [1.165, 1.54) is 7.11 Å². The maximum absolute atomic E-state index is 11.4. The Kier molecular flexibility index (Phi) is 2.66. The Hall–Kier alpha value is -1.82. The number of nitrogens with zero attached hydrogens (tertiary/aromatic N) is 2. The number of carbonyl (C=O) groups is 1. The van der Waals surface area contributed by atoms with Crippen LogP contribution in [0.1, 0.15) is 16.3 Å². The molecule has 6 heteroatoms. The number of esters is 1. The first kappa shape index (κ1) is 10.7. The van der Waals surface area contributed by atoms with Gasteiger partial charge in [-0.15, -0.1) is 0 Å². The van der Waals surface area contributed by atoms with Gasteiger partial charge in [-0.1, -0.05) is 0 Å². The normalized spacial score (nSPS) is 10.4. The Morgan fingerprint density at radius 2 is 2.38 bits per heavy atom. The second kappa shape index (κ2) is 3.97. The SMILES string of the molecule is COC(=O)c1nc(C)n(-c2ccsc2)c1N. The molecule has 0 amide bonds. The number of rotatable bonds is 2. The Balaban J connectivity index is 2.56. The number of anilines is 1. The summed E-state index contributed by atoms with van der Waals surface area (Å²) in [5.41, 5.74) is 6.94. The fourth-order valence-corrected chi connectivity index (χ4v) is 2.13. The van der Waals surface area contributed by atoms with Crippen LogP contribution in [0.3, 0.4) is 0 Å². The van der Waals surface area contributed by atoms with Crippen LogP contribution in [0.15, 0.2) is 16.8 Å². The molecule has 0 radical (unpaired) electrons. The first-order valence-electron chi connectivity index (χ1n) is 4.61. The van der Waals surface area contributed by atoms with Gasteiger partial charge in [-0.05, 0) is 18.4 Å². The number of ether oxygens (including phenoxy) is 1. The van der Waals surface area contributed by atoms with E-state index in [2.05, 4.69) is 9.72 Å². The summed E-state index contributed by atoms with van der Waals surface area (Å²) in [7, 11) is 1.31. The molecule has 0 aromatic carbocycles. The number of nitrogens with two attached hydrogens (primary N) is 1. The molecule has 0 bridgehead atoms. The highest BCUT2D eigenvalue weighted by atomic mass is 32.1. The lowest BCUT2D eigenvalue weighted by Gasteiger charge is -2.03. The molecule has 2 rings (SSSR count). The number of hydrogen-bond acceptors (Lipinski definition) is 5. The quantitative estimate of drug-likeness (QED) is 0.805. The van der Waals surface area contributed by atoms with Crippen LogP contribution in [0.25, 0.3) is 5.69 Å². The molecule has 2 aromatic heterocycles. The highest BCUT2D eigenvalue weighted by molar-refractivity contribution is 7.08. The molecule has 0 aliphatic carbocycles. The molecule has 0 saturated carbocycles. The molecule has 0 aliphatic rings. The molecule has 0 fully saturated rings. The number of methoxy groups -OCH3 is 1. The van der Waals surface area contributed by atoms with Crippen LogP contribution >= 0.6 is 11.3 Å². The average molecular weight is 237 g/mol. The first-order chi connectivity index (χ1) is 7.65. The summed E-state index contributed by atoms with van der Waals surface area (Å²) >= 11 is 1.55. The maximum atomic E-state index is 11.4. The predicted octanol–water partition coefficient (Wildman–Crippen LogP) is 1.61. The molecular formula is C10H11N3O2S. The van der Waals surface area contributed by atoms with Gasteiger partial charge in [-0.3, -0.25) is 4.57 Å². The van der Waals surface area contributed by atoms with Crippen molar-refractivity contribution in [3.05, 3.63) is 28.3 Å². The third kappa shape index (κ3) is 1.57. The molecular weight excluding hydrogens is 226 g/mol. The van der Waals surface area contributed by atoms with E-state index >= 15 is 0 Å². The van der Waals surface area contributed by atoms with E-state index < -0.39 is 5.97 Å². The molecule has 0 unspecified atom stereocenters. The second-order valence-electron chi connectivity index (χ2n) is 3.20. The fraction of sp³-hybridized carbons (Fsp3) is 0.200. The predicted molar refractivity (Wildman–Crippen MR) is 61.9 cm³/mol. The lowest BCUT2D eigenvalue weighted by Crippen LogP contribution is -2.07. The molecule has 0 atom stereocenters. The van der Waals surface area contributed by atoms with E-state index in [4.69, 9.17) is 5.73 Å². The van der Waals surface area contributed by atoms with Gasteiger partial charge in [0.05, 0.1) is 12.8 Å². The lowest BCUT2D eigenvalue weighted by molar-refractivity contribution is 0.0596. The molecule has 5 nitrogen and oxygen atoms in total. The molecule has 16 heavy (non-hydrogen) atoms. The average Bonchev–Trinajstić information content (AvgIpc) is 2.86. The van der Waals surface area contributed by atoms with Gasteiger partial charge >= 0.3 is 5.97 Å². The lowest BCUT2D eigenvalue weighted by atomic mass is 10.4. The number of thiophene rings is 1. The van der Waals surface area contributed by atoms with Gasteiger partial charge in [0.15, 0.2) is 5.69 Å². The van der Waals surface area contributed by atoms with Crippen LogP contribution in [0, 0.1) is 6.92 Å². The van der Waals surface area contributed by atoms with E-state index in [1.54, 1.807) is 22.8 Å². The van der Waals surface area contributed by atoms with Crippen LogP contribution in [0.5, 0.6) is 0 Å². The Labute approximate surface area is 96.5 Å². The van der Waals surface area contributed by atoms with E-state index in [0.717, 1.165) is 5.69 Å². The molecule has 84 valence electrons. The van der Waals surface area contributed by atoms with Crippen LogP contribution < -0.4 is 5.73 Å². The van der Waals surface area contributed by atoms with Gasteiger partial charge < -0.3 is 10.5 Å². The number of aryl methyl sites for hydroxylation is 1. The van der Waals surface area contributed by atoms with Crippen molar-refractivity contribution in [2.24, 2.45) is 0 Å². The van der Waals surface area contributed by atoms with Crippen LogP contribution in [0.2, 0.25) is 0 Å². The van der Waals surface area contributed by atoms with Crippen molar-refractivity contribution >= 4 is 23.1 Å². The van der Waals surface area contributed by atoms with Gasteiger partial charge in [-0.25, -0.2) is 9.78 Å². The minimum atomic E-state index is -0.519. The number of imidazole rings is 1. The Morgan fingerprint density at radius 1 is 1.62 bits per heavy atom. The summed E-state index contributed by atoms with van der Waals surface area (Å²) in [5.74, 6) is 0.452. The molecule has 2 heterocycles. The topological polar surface area (TPSA) is 70.1 Å². The van der Waals surface area contributed by atoms with E-state index in [-0.39, 0.29) is 5.69 Å². The van der Waals surface area contributed by atoms with Gasteiger partial charge in [-0.2, -0.15) is 11.3 Å². The first-order valence-corrected chi connectivity index (χ1v) is 5.55. The van der Waals surface area contributed by atoms with Gasteiger partial charge in [0, 0.05) is 5.38 Å². The van der Waals surface area contributed by atoms with E-state index in [9.17, 15) is 4.79 Å². The minimum absolute atomic E-state index is 0.159. The molecule has 0 saturated heterocycles. The summed E-state index contributed by atoms with van der Waals surface area (Å²) in [6.45, 7) is 1.79. The highest BCUT2D eigenvalue weighted by Crippen LogP contribution is 2.22. The Bertz CT molecular complexity index is 516. The smallest absolute Gasteiger partial charge is 0.360 e. The van der Waals surface area contributed by atoms with Gasteiger partial charge in [0.2, 0.25) is 0 Å². The number of aromatic nitrogens is 2. The molecule has 0 aliphatic heterocycles. The van der Waals surface area contributed by atoms with Crippen LogP contribution in [-0.2, 0) is 4.74 Å². The zero-order chi connectivity index (χ0) is 11.7. The van der Waals surface area contributed by atoms with Crippen molar-refractivity contribution in [2.45, 2.75) is 6.92 Å². The summed E-state index contributed by atoms with van der Waals surface area (Å²) < 4.78 is 6.34. The summed E-state index contributed by atoms with van der Waals surface area (Å²) in [6.07, 6.45) is 0. The van der Waals surface area contributed by atoms with Crippen molar-refractivity contribution in [3.8, 4) is 5.69 Å². The van der Waals surface area contributed by atoms with Crippen molar-refractivity contribution in [3.63, 3.8) is 0 Å². The number of hydrogen-bond donors (Lipinski definition) is 1. The molecule has 2 aromatic rings. The van der Waals surface area contributed by atoms with Crippen molar-refractivity contribution in [2.75, 3.05) is 12.8 Å². The monoisotopic (exact) mass is 237 g/mol. The maximum Gasteiger partial charge on any atom is 0.360 e. The largest absolute Gasteiger partial charge is 0.464 e. The van der Waals surface area contributed by atoms with Crippen LogP contribution in [0.4, 0.5) is 5.82 Å². The summed E-state index contributed by atoms with van der Waals surface area (Å²) in [6, 6.07) is 1.91. The Morgan fingerprint density at radius 3 is 2.94 bits per heavy atom. The zero-order valence-corrected chi connectivity index (χ0v) is 9.75. The van der Waals surface area contributed by atoms with Gasteiger partial charge in [0.25, 0.3) is 0 Å². The summed E-state index contributed by atoms with van der Waals surface area (Å²) in [4.78, 5) is 15.5. The zero-order valence-electron chi connectivity index (χ0n) is 8.93.